The Hall–Kier alpha value is -2.08. The highest BCUT2D eigenvalue weighted by molar-refractivity contribution is 5.98. The minimum atomic E-state index is 1.08. The second-order valence-electron chi connectivity index (χ2n) is 5.05. The average molecular weight is 230 g/mol. The summed E-state index contributed by atoms with van der Waals surface area (Å²) in [6, 6.07) is 17.9. The topological polar surface area (TPSA) is 0 Å². The largest absolute Gasteiger partial charge is 0.0838 e. The Morgan fingerprint density at radius 2 is 1.06 bits per heavy atom. The Labute approximate surface area is 107 Å². The van der Waals surface area contributed by atoms with Crippen molar-refractivity contribution >= 4 is 21.5 Å². The number of hydrogen-bond acceptors (Lipinski definition) is 0. The number of allylic oxidation sites excluding steroid dienone is 2. The van der Waals surface area contributed by atoms with E-state index >= 15 is 0 Å². The van der Waals surface area contributed by atoms with Crippen LogP contribution in [-0.4, -0.2) is 0 Å². The number of rotatable bonds is 0. The second-order valence-corrected chi connectivity index (χ2v) is 5.05. The SMILES string of the molecule is C1=CCc2cc3cc4ccccc4cc3cc2C1. The highest BCUT2D eigenvalue weighted by Crippen LogP contribution is 2.27. The number of benzene rings is 3. The molecule has 0 amide bonds. The van der Waals surface area contributed by atoms with Gasteiger partial charge in [0.2, 0.25) is 0 Å². The molecule has 0 heterocycles. The van der Waals surface area contributed by atoms with Crippen molar-refractivity contribution in [2.24, 2.45) is 0 Å². The van der Waals surface area contributed by atoms with Gasteiger partial charge >= 0.3 is 0 Å². The molecule has 0 saturated carbocycles. The van der Waals surface area contributed by atoms with Crippen LogP contribution < -0.4 is 0 Å². The fraction of sp³-hybridized carbons (Fsp3) is 0.111. The first kappa shape index (κ1) is 9.90. The van der Waals surface area contributed by atoms with E-state index in [2.05, 4.69) is 60.7 Å². The Morgan fingerprint density at radius 1 is 0.556 bits per heavy atom. The third-order valence-corrected chi connectivity index (χ3v) is 3.87. The predicted octanol–water partition coefficient (Wildman–Crippen LogP) is 4.65. The molecule has 1 aliphatic rings. The normalized spacial score (nSPS) is 14.0. The van der Waals surface area contributed by atoms with Crippen molar-refractivity contribution in [3.63, 3.8) is 0 Å². The van der Waals surface area contributed by atoms with Gasteiger partial charge in [-0.25, -0.2) is 0 Å². The minimum Gasteiger partial charge on any atom is -0.0838 e. The van der Waals surface area contributed by atoms with Gasteiger partial charge in [0.1, 0.15) is 0 Å². The second kappa shape index (κ2) is 3.71. The first-order valence-electron chi connectivity index (χ1n) is 6.49. The smallest absolute Gasteiger partial charge is 0.00943 e. The van der Waals surface area contributed by atoms with Gasteiger partial charge in [0.15, 0.2) is 0 Å². The molecule has 3 aromatic rings. The average Bonchev–Trinajstić information content (AvgIpc) is 2.42. The van der Waals surface area contributed by atoms with Crippen molar-refractivity contribution in [3.8, 4) is 0 Å². The Morgan fingerprint density at radius 3 is 1.56 bits per heavy atom. The lowest BCUT2D eigenvalue weighted by Gasteiger charge is -2.13. The van der Waals surface area contributed by atoms with Gasteiger partial charge in [-0.1, -0.05) is 48.6 Å². The maximum atomic E-state index is 2.36. The molecule has 4 rings (SSSR count). The summed E-state index contributed by atoms with van der Waals surface area (Å²) in [4.78, 5) is 0. The fourth-order valence-corrected chi connectivity index (χ4v) is 2.89. The maximum absolute atomic E-state index is 2.36. The van der Waals surface area contributed by atoms with Crippen LogP contribution in [0.1, 0.15) is 11.1 Å². The van der Waals surface area contributed by atoms with Crippen molar-refractivity contribution < 1.29 is 0 Å². The van der Waals surface area contributed by atoms with Crippen LogP contribution in [0.25, 0.3) is 21.5 Å². The van der Waals surface area contributed by atoms with Crippen molar-refractivity contribution in [2.75, 3.05) is 0 Å². The first-order chi connectivity index (χ1) is 8.90. The first-order valence-corrected chi connectivity index (χ1v) is 6.49. The number of fused-ring (bicyclic) bond motifs is 3. The van der Waals surface area contributed by atoms with Gasteiger partial charge in [0.25, 0.3) is 0 Å². The molecule has 0 radical (unpaired) electrons. The zero-order valence-corrected chi connectivity index (χ0v) is 10.2. The monoisotopic (exact) mass is 230 g/mol. The highest BCUT2D eigenvalue weighted by Gasteiger charge is 2.07. The molecule has 3 aromatic carbocycles. The lowest BCUT2D eigenvalue weighted by molar-refractivity contribution is 1.10. The minimum absolute atomic E-state index is 1.08. The van der Waals surface area contributed by atoms with Gasteiger partial charge in [0.05, 0.1) is 0 Å². The summed E-state index contributed by atoms with van der Waals surface area (Å²) in [6.45, 7) is 0. The van der Waals surface area contributed by atoms with Gasteiger partial charge in [-0.05, 0) is 57.6 Å². The molecular weight excluding hydrogens is 216 g/mol. The van der Waals surface area contributed by atoms with Crippen molar-refractivity contribution in [3.05, 3.63) is 71.8 Å². The van der Waals surface area contributed by atoms with Crippen molar-refractivity contribution in [1.82, 2.24) is 0 Å². The molecule has 0 aromatic heterocycles. The molecule has 0 aliphatic heterocycles. The summed E-state index contributed by atoms with van der Waals surface area (Å²) < 4.78 is 0. The van der Waals surface area contributed by atoms with Crippen LogP contribution in [0.15, 0.2) is 60.7 Å². The molecular formula is C18H14. The summed E-state index contributed by atoms with van der Waals surface area (Å²) >= 11 is 0. The molecule has 0 saturated heterocycles. The Balaban J connectivity index is 2.07. The summed E-state index contributed by atoms with van der Waals surface area (Å²) in [5.74, 6) is 0. The zero-order chi connectivity index (χ0) is 11.9. The van der Waals surface area contributed by atoms with Crippen LogP contribution in [0.3, 0.4) is 0 Å². The van der Waals surface area contributed by atoms with E-state index in [1.54, 1.807) is 0 Å². The predicted molar refractivity (Wildman–Crippen MR) is 78.0 cm³/mol. The van der Waals surface area contributed by atoms with E-state index in [0.29, 0.717) is 0 Å². The maximum Gasteiger partial charge on any atom is -0.00943 e. The summed E-state index contributed by atoms with van der Waals surface area (Å²) in [5, 5.41) is 5.39. The van der Waals surface area contributed by atoms with E-state index in [1.165, 1.54) is 32.7 Å². The molecule has 0 nitrogen and oxygen atoms in total. The lowest BCUT2D eigenvalue weighted by Crippen LogP contribution is -1.97. The van der Waals surface area contributed by atoms with Gasteiger partial charge in [-0.3, -0.25) is 0 Å². The Bertz CT molecular complexity index is 712. The van der Waals surface area contributed by atoms with Crippen molar-refractivity contribution in [2.45, 2.75) is 12.8 Å². The third kappa shape index (κ3) is 1.46. The van der Waals surface area contributed by atoms with E-state index in [0.717, 1.165) is 12.8 Å². The molecule has 0 spiro atoms. The Kier molecular flexibility index (Phi) is 2.04. The highest BCUT2D eigenvalue weighted by atomic mass is 14.1. The van der Waals surface area contributed by atoms with Crippen LogP contribution in [0.5, 0.6) is 0 Å². The van der Waals surface area contributed by atoms with E-state index < -0.39 is 0 Å². The van der Waals surface area contributed by atoms with Crippen LogP contribution in [-0.2, 0) is 12.8 Å². The van der Waals surface area contributed by atoms with E-state index in [-0.39, 0.29) is 0 Å². The van der Waals surface area contributed by atoms with Crippen LogP contribution in [0, 0.1) is 0 Å². The molecule has 0 atom stereocenters. The van der Waals surface area contributed by atoms with Crippen LogP contribution >= 0.6 is 0 Å². The third-order valence-electron chi connectivity index (χ3n) is 3.87. The zero-order valence-electron chi connectivity index (χ0n) is 10.2. The van der Waals surface area contributed by atoms with Crippen LogP contribution in [0.2, 0.25) is 0 Å². The summed E-state index contributed by atoms with van der Waals surface area (Å²) in [5.41, 5.74) is 2.97. The molecule has 0 heteroatoms. The molecule has 0 N–H and O–H groups in total. The van der Waals surface area contributed by atoms with Gasteiger partial charge in [-0.2, -0.15) is 0 Å². The summed E-state index contributed by atoms with van der Waals surface area (Å²) in [6.07, 6.45) is 6.71. The molecule has 86 valence electrons. The van der Waals surface area contributed by atoms with Crippen molar-refractivity contribution in [1.29, 1.82) is 0 Å². The molecule has 1 aliphatic carbocycles. The quantitative estimate of drug-likeness (QED) is 0.389. The summed E-state index contributed by atoms with van der Waals surface area (Å²) in [7, 11) is 0. The molecule has 0 unspecified atom stereocenters. The lowest BCUT2D eigenvalue weighted by atomic mass is 9.92. The van der Waals surface area contributed by atoms with Gasteiger partial charge < -0.3 is 0 Å². The number of hydrogen-bond donors (Lipinski definition) is 0. The van der Waals surface area contributed by atoms with E-state index in [1.807, 2.05) is 0 Å². The molecule has 0 bridgehead atoms. The molecule has 0 fully saturated rings. The van der Waals surface area contributed by atoms with E-state index in [9.17, 15) is 0 Å². The van der Waals surface area contributed by atoms with E-state index in [4.69, 9.17) is 0 Å². The fourth-order valence-electron chi connectivity index (χ4n) is 2.89. The van der Waals surface area contributed by atoms with Crippen LogP contribution in [0.4, 0.5) is 0 Å². The molecule has 18 heavy (non-hydrogen) atoms. The standard InChI is InChI=1S/C18H14/c1-2-6-14-10-18-12-16-8-4-3-7-15(16)11-17(18)9-13(14)5-1/h1-6,9-12H,7-8H2. The van der Waals surface area contributed by atoms with Gasteiger partial charge in [-0.15, -0.1) is 0 Å². The van der Waals surface area contributed by atoms with Gasteiger partial charge in [0, 0.05) is 0 Å².